The first-order chi connectivity index (χ1) is 14.4. The Kier molecular flexibility index (Phi) is 10.8. The zero-order valence-electron chi connectivity index (χ0n) is 19.2. The molecule has 2 rings (SSSR count). The van der Waals surface area contributed by atoms with Crippen LogP contribution in [0.15, 0.2) is 59.3 Å². The van der Waals surface area contributed by atoms with Gasteiger partial charge in [-0.25, -0.2) is 4.98 Å². The van der Waals surface area contributed by atoms with Gasteiger partial charge in [-0.15, -0.1) is 0 Å². The zero-order valence-corrected chi connectivity index (χ0v) is 20.0. The molecule has 1 aromatic rings. The van der Waals surface area contributed by atoms with Gasteiger partial charge in [0.25, 0.3) is 0 Å². The van der Waals surface area contributed by atoms with Gasteiger partial charge in [-0.1, -0.05) is 41.0 Å². The Morgan fingerprint density at radius 1 is 0.967 bits per heavy atom. The summed E-state index contributed by atoms with van der Waals surface area (Å²) >= 11 is 5.54. The lowest BCUT2D eigenvalue weighted by atomic mass is 10.1. The lowest BCUT2D eigenvalue weighted by Crippen LogP contribution is -2.49. The predicted molar refractivity (Wildman–Crippen MR) is 134 cm³/mol. The average molecular weight is 427 g/mol. The van der Waals surface area contributed by atoms with Crippen LogP contribution in [-0.2, 0) is 0 Å². The first-order valence-corrected chi connectivity index (χ1v) is 11.5. The molecule has 0 aromatic carbocycles. The van der Waals surface area contributed by atoms with E-state index in [9.17, 15) is 0 Å². The van der Waals surface area contributed by atoms with E-state index in [-0.39, 0.29) is 0 Å². The summed E-state index contributed by atoms with van der Waals surface area (Å²) in [5.41, 5.74) is 4.40. The number of nitrogens with zero attached hydrogens (tertiary/aromatic N) is 3. The fraction of sp³-hybridized carbons (Fsp3) is 0.520. The van der Waals surface area contributed by atoms with Gasteiger partial charge in [-0.2, -0.15) is 0 Å². The Hall–Kier alpha value is -1.98. The van der Waals surface area contributed by atoms with Gasteiger partial charge in [-0.05, 0) is 77.7 Å². The highest BCUT2D eigenvalue weighted by atomic mass is 32.1. The monoisotopic (exact) mass is 426 g/mol. The van der Waals surface area contributed by atoms with Crippen molar-refractivity contribution in [1.82, 2.24) is 14.8 Å². The van der Waals surface area contributed by atoms with Crippen molar-refractivity contribution in [2.75, 3.05) is 38.0 Å². The van der Waals surface area contributed by atoms with Crippen LogP contribution in [0.4, 0.5) is 5.82 Å². The van der Waals surface area contributed by atoms with Gasteiger partial charge in [0.05, 0.1) is 0 Å². The average Bonchev–Trinajstić information content (AvgIpc) is 2.73. The minimum absolute atomic E-state index is 0.770. The second kappa shape index (κ2) is 13.3. The van der Waals surface area contributed by atoms with E-state index in [1.54, 1.807) is 6.20 Å². The van der Waals surface area contributed by atoms with Crippen LogP contribution in [0.2, 0.25) is 0 Å². The van der Waals surface area contributed by atoms with Crippen LogP contribution in [0.25, 0.3) is 0 Å². The molecule has 1 fully saturated rings. The van der Waals surface area contributed by atoms with E-state index in [0.717, 1.165) is 62.9 Å². The summed E-state index contributed by atoms with van der Waals surface area (Å²) in [6.07, 6.45) is 13.5. The summed E-state index contributed by atoms with van der Waals surface area (Å²) in [6.45, 7) is 13.9. The van der Waals surface area contributed by atoms with Crippen LogP contribution in [0.5, 0.6) is 0 Å². The Balaban J connectivity index is 1.65. The molecule has 0 amide bonds. The smallest absolute Gasteiger partial charge is 0.174 e. The van der Waals surface area contributed by atoms with E-state index in [4.69, 9.17) is 12.2 Å². The van der Waals surface area contributed by atoms with Crippen molar-refractivity contribution >= 4 is 23.1 Å². The number of aromatic nitrogens is 1. The number of thiocarbonyl (C=S) groups is 1. The molecule has 2 heterocycles. The first-order valence-electron chi connectivity index (χ1n) is 11.1. The number of allylic oxidation sites excluding steroid dienone is 5. The molecule has 0 unspecified atom stereocenters. The molecule has 1 saturated heterocycles. The van der Waals surface area contributed by atoms with Crippen LogP contribution in [-0.4, -0.2) is 52.6 Å². The summed E-state index contributed by atoms with van der Waals surface area (Å²) in [6, 6.07) is 5.81. The van der Waals surface area contributed by atoms with Crippen molar-refractivity contribution in [3.8, 4) is 0 Å². The lowest BCUT2D eigenvalue weighted by molar-refractivity contribution is 0.199. The van der Waals surface area contributed by atoms with Crippen molar-refractivity contribution in [2.45, 2.75) is 53.4 Å². The van der Waals surface area contributed by atoms with Gasteiger partial charge in [0, 0.05) is 38.9 Å². The number of anilines is 1. The van der Waals surface area contributed by atoms with Crippen LogP contribution in [0, 0.1) is 0 Å². The Morgan fingerprint density at radius 3 is 2.27 bits per heavy atom. The molecule has 30 heavy (non-hydrogen) atoms. The number of hydrogen-bond donors (Lipinski definition) is 1. The summed E-state index contributed by atoms with van der Waals surface area (Å²) in [7, 11) is 0. The molecule has 164 valence electrons. The van der Waals surface area contributed by atoms with Crippen LogP contribution >= 0.6 is 12.2 Å². The van der Waals surface area contributed by atoms with Crippen LogP contribution in [0.3, 0.4) is 0 Å². The Morgan fingerprint density at radius 2 is 1.63 bits per heavy atom. The SMILES string of the molecule is CC(C)=CCC/C(C)=C/CC/C(C)=C/CN1CCN(C(=S)Nc2ccccn2)CC1. The van der Waals surface area contributed by atoms with Gasteiger partial charge in [0.15, 0.2) is 5.11 Å². The number of piperazine rings is 1. The zero-order chi connectivity index (χ0) is 21.8. The highest BCUT2D eigenvalue weighted by molar-refractivity contribution is 7.80. The molecule has 1 aromatic heterocycles. The van der Waals surface area contributed by atoms with E-state index >= 15 is 0 Å². The van der Waals surface area contributed by atoms with Crippen LogP contribution < -0.4 is 5.32 Å². The second-order valence-electron chi connectivity index (χ2n) is 8.39. The fourth-order valence-electron chi connectivity index (χ4n) is 3.38. The second-order valence-corrected chi connectivity index (χ2v) is 8.78. The molecule has 1 aliphatic rings. The summed E-state index contributed by atoms with van der Waals surface area (Å²) in [4.78, 5) is 9.02. The minimum Gasteiger partial charge on any atom is -0.346 e. The van der Waals surface area contributed by atoms with Crippen molar-refractivity contribution in [1.29, 1.82) is 0 Å². The summed E-state index contributed by atoms with van der Waals surface area (Å²) < 4.78 is 0. The predicted octanol–water partition coefficient (Wildman–Crippen LogP) is 5.82. The normalized spacial score (nSPS) is 15.8. The quantitative estimate of drug-likeness (QED) is 0.397. The van der Waals surface area contributed by atoms with Gasteiger partial charge < -0.3 is 10.2 Å². The molecule has 1 aliphatic heterocycles. The van der Waals surface area contributed by atoms with Gasteiger partial charge in [-0.3, -0.25) is 4.90 Å². The maximum absolute atomic E-state index is 5.54. The topological polar surface area (TPSA) is 31.4 Å². The molecule has 0 saturated carbocycles. The molecule has 0 atom stereocenters. The summed E-state index contributed by atoms with van der Waals surface area (Å²) in [5, 5.41) is 4.00. The van der Waals surface area contributed by atoms with E-state index in [1.165, 1.54) is 23.1 Å². The molecular weight excluding hydrogens is 388 g/mol. The standard InChI is InChI=1S/C25H38N4S/c1-21(2)9-7-10-22(3)11-8-12-23(4)14-16-28-17-19-29(20-18-28)25(30)27-24-13-5-6-15-26-24/h5-6,9,11,13-15H,7-8,10,12,16-20H2,1-4H3,(H,26,27,30)/b22-11+,23-14+. The number of pyridine rings is 1. The summed E-state index contributed by atoms with van der Waals surface area (Å²) in [5.74, 6) is 0.810. The largest absolute Gasteiger partial charge is 0.346 e. The molecule has 0 aliphatic carbocycles. The maximum atomic E-state index is 5.54. The number of hydrogen-bond acceptors (Lipinski definition) is 3. The fourth-order valence-corrected chi connectivity index (χ4v) is 3.67. The van der Waals surface area contributed by atoms with E-state index in [1.807, 2.05) is 18.2 Å². The maximum Gasteiger partial charge on any atom is 0.174 e. The van der Waals surface area contributed by atoms with Gasteiger partial charge in [0.1, 0.15) is 5.82 Å². The van der Waals surface area contributed by atoms with Crippen molar-refractivity contribution in [3.05, 3.63) is 59.3 Å². The van der Waals surface area contributed by atoms with Crippen molar-refractivity contribution < 1.29 is 0 Å². The molecule has 0 bridgehead atoms. The van der Waals surface area contributed by atoms with E-state index in [2.05, 4.69) is 66.0 Å². The highest BCUT2D eigenvalue weighted by Gasteiger charge is 2.18. The first kappa shape index (κ1) is 24.3. The molecule has 0 spiro atoms. The third-order valence-electron chi connectivity index (χ3n) is 5.38. The van der Waals surface area contributed by atoms with E-state index < -0.39 is 0 Å². The van der Waals surface area contributed by atoms with Gasteiger partial charge >= 0.3 is 0 Å². The van der Waals surface area contributed by atoms with E-state index in [0.29, 0.717) is 0 Å². The third-order valence-corrected chi connectivity index (χ3v) is 5.74. The number of nitrogens with one attached hydrogen (secondary N) is 1. The van der Waals surface area contributed by atoms with Gasteiger partial charge in [0.2, 0.25) is 0 Å². The molecule has 4 nitrogen and oxygen atoms in total. The number of rotatable bonds is 9. The lowest BCUT2D eigenvalue weighted by Gasteiger charge is -2.35. The molecule has 5 heteroatoms. The van der Waals surface area contributed by atoms with Crippen LogP contribution in [0.1, 0.15) is 53.4 Å². The molecule has 0 radical (unpaired) electrons. The Bertz CT molecular complexity index is 740. The Labute approximate surface area is 188 Å². The molecule has 1 N–H and O–H groups in total. The van der Waals surface area contributed by atoms with Crippen molar-refractivity contribution in [2.24, 2.45) is 0 Å². The minimum atomic E-state index is 0.770. The van der Waals surface area contributed by atoms with Crippen molar-refractivity contribution in [3.63, 3.8) is 0 Å². The molecular formula is C25H38N4S. The third kappa shape index (κ3) is 9.68. The highest BCUT2D eigenvalue weighted by Crippen LogP contribution is 2.12.